The van der Waals surface area contributed by atoms with E-state index in [2.05, 4.69) is 35.8 Å². The van der Waals surface area contributed by atoms with Crippen molar-refractivity contribution in [2.75, 3.05) is 0 Å². The maximum atomic E-state index is 4.31. The molecular weight excluding hydrogens is 176 g/mol. The highest BCUT2D eigenvalue weighted by molar-refractivity contribution is 5.49. The summed E-state index contributed by atoms with van der Waals surface area (Å²) >= 11 is 0. The molecule has 0 aliphatic carbocycles. The standard InChI is InChI=1S/C10H14N4/c1-7-11-5-8(10(2,3)4)9-12-6-13-14(7)9/h5-6H,1-4H3. The van der Waals surface area contributed by atoms with Crippen LogP contribution in [0.15, 0.2) is 12.5 Å². The zero-order valence-electron chi connectivity index (χ0n) is 8.94. The Hall–Kier alpha value is -1.45. The van der Waals surface area contributed by atoms with Crippen LogP contribution < -0.4 is 0 Å². The van der Waals surface area contributed by atoms with E-state index >= 15 is 0 Å². The van der Waals surface area contributed by atoms with Gasteiger partial charge in [0.25, 0.3) is 0 Å². The molecule has 0 bridgehead atoms. The lowest BCUT2D eigenvalue weighted by Crippen LogP contribution is -2.15. The van der Waals surface area contributed by atoms with Gasteiger partial charge in [-0.05, 0) is 12.3 Å². The molecule has 4 heteroatoms. The van der Waals surface area contributed by atoms with Crippen molar-refractivity contribution in [3.05, 3.63) is 23.9 Å². The Balaban J connectivity index is 2.80. The topological polar surface area (TPSA) is 43.1 Å². The Kier molecular flexibility index (Phi) is 1.80. The third-order valence-electron chi connectivity index (χ3n) is 2.28. The molecule has 0 radical (unpaired) electrons. The first kappa shape index (κ1) is 9.12. The number of hydrogen-bond donors (Lipinski definition) is 0. The molecule has 14 heavy (non-hydrogen) atoms. The van der Waals surface area contributed by atoms with Crippen molar-refractivity contribution in [3.8, 4) is 0 Å². The van der Waals surface area contributed by atoms with E-state index in [1.165, 1.54) is 0 Å². The van der Waals surface area contributed by atoms with E-state index in [1.54, 1.807) is 10.8 Å². The van der Waals surface area contributed by atoms with Gasteiger partial charge >= 0.3 is 0 Å². The molecule has 0 spiro atoms. The van der Waals surface area contributed by atoms with Crippen LogP contribution >= 0.6 is 0 Å². The normalized spacial score (nSPS) is 12.3. The Labute approximate surface area is 83.0 Å². The van der Waals surface area contributed by atoms with Crippen LogP contribution in [0.5, 0.6) is 0 Å². The summed E-state index contributed by atoms with van der Waals surface area (Å²) in [6.45, 7) is 8.37. The number of rotatable bonds is 0. The second-order valence-corrected chi connectivity index (χ2v) is 4.46. The van der Waals surface area contributed by atoms with E-state index in [1.807, 2.05) is 13.1 Å². The fraction of sp³-hybridized carbons (Fsp3) is 0.500. The average molecular weight is 190 g/mol. The van der Waals surface area contributed by atoms with Crippen LogP contribution in [0.4, 0.5) is 0 Å². The van der Waals surface area contributed by atoms with E-state index in [0.29, 0.717) is 0 Å². The first-order valence-corrected chi connectivity index (χ1v) is 4.66. The van der Waals surface area contributed by atoms with Gasteiger partial charge in [-0.1, -0.05) is 20.8 Å². The molecule has 2 heterocycles. The maximum Gasteiger partial charge on any atom is 0.162 e. The molecule has 0 unspecified atom stereocenters. The van der Waals surface area contributed by atoms with E-state index in [9.17, 15) is 0 Å². The zero-order valence-corrected chi connectivity index (χ0v) is 8.94. The summed E-state index contributed by atoms with van der Waals surface area (Å²) < 4.78 is 1.78. The molecule has 0 N–H and O–H groups in total. The van der Waals surface area contributed by atoms with E-state index in [0.717, 1.165) is 17.0 Å². The predicted molar refractivity (Wildman–Crippen MR) is 54.2 cm³/mol. The van der Waals surface area contributed by atoms with Gasteiger partial charge in [0.15, 0.2) is 5.65 Å². The molecule has 2 rings (SSSR count). The van der Waals surface area contributed by atoms with Gasteiger partial charge in [-0.25, -0.2) is 9.97 Å². The third-order valence-corrected chi connectivity index (χ3v) is 2.28. The molecule has 0 atom stereocenters. The summed E-state index contributed by atoms with van der Waals surface area (Å²) in [7, 11) is 0. The third kappa shape index (κ3) is 1.27. The van der Waals surface area contributed by atoms with Crippen molar-refractivity contribution in [1.82, 2.24) is 19.6 Å². The Bertz CT molecular complexity index is 464. The molecule has 4 nitrogen and oxygen atoms in total. The summed E-state index contributed by atoms with van der Waals surface area (Å²) in [5.41, 5.74) is 2.08. The molecule has 0 aromatic carbocycles. The van der Waals surface area contributed by atoms with Gasteiger partial charge in [0.05, 0.1) is 0 Å². The van der Waals surface area contributed by atoms with Crippen molar-refractivity contribution >= 4 is 5.65 Å². The van der Waals surface area contributed by atoms with Crippen molar-refractivity contribution in [2.24, 2.45) is 0 Å². The van der Waals surface area contributed by atoms with Crippen molar-refractivity contribution in [2.45, 2.75) is 33.1 Å². The van der Waals surface area contributed by atoms with E-state index in [-0.39, 0.29) is 5.41 Å². The lowest BCUT2D eigenvalue weighted by Gasteiger charge is -2.18. The number of aryl methyl sites for hydroxylation is 1. The SMILES string of the molecule is Cc1ncc(C(C)(C)C)c2ncnn12. The lowest BCUT2D eigenvalue weighted by atomic mass is 9.89. The Morgan fingerprint density at radius 1 is 1.21 bits per heavy atom. The molecule has 0 aliphatic heterocycles. The van der Waals surface area contributed by atoms with Crippen LogP contribution in [0.3, 0.4) is 0 Å². The first-order valence-electron chi connectivity index (χ1n) is 4.66. The second-order valence-electron chi connectivity index (χ2n) is 4.46. The number of fused-ring (bicyclic) bond motifs is 1. The number of hydrogen-bond acceptors (Lipinski definition) is 3. The van der Waals surface area contributed by atoms with Crippen molar-refractivity contribution in [3.63, 3.8) is 0 Å². The summed E-state index contributed by atoms with van der Waals surface area (Å²) in [5.74, 6) is 0.866. The van der Waals surface area contributed by atoms with Gasteiger partial charge in [0.2, 0.25) is 0 Å². The minimum atomic E-state index is 0.0506. The molecule has 0 saturated carbocycles. The monoisotopic (exact) mass is 190 g/mol. The molecule has 0 saturated heterocycles. The highest BCUT2D eigenvalue weighted by atomic mass is 15.3. The van der Waals surface area contributed by atoms with Crippen LogP contribution in [0.1, 0.15) is 32.2 Å². The molecule has 0 amide bonds. The highest BCUT2D eigenvalue weighted by Gasteiger charge is 2.19. The quantitative estimate of drug-likeness (QED) is 0.635. The van der Waals surface area contributed by atoms with Crippen LogP contribution in [0.25, 0.3) is 5.65 Å². The molecular formula is C10H14N4. The lowest BCUT2D eigenvalue weighted by molar-refractivity contribution is 0.585. The molecule has 0 aliphatic rings. The largest absolute Gasteiger partial charge is 0.241 e. The second kappa shape index (κ2) is 2.77. The minimum absolute atomic E-state index is 0.0506. The summed E-state index contributed by atoms with van der Waals surface area (Å²) in [4.78, 5) is 8.56. The van der Waals surface area contributed by atoms with Crippen molar-refractivity contribution < 1.29 is 0 Å². The number of nitrogens with zero attached hydrogens (tertiary/aromatic N) is 4. The van der Waals surface area contributed by atoms with Gasteiger partial charge in [-0.15, -0.1) is 0 Å². The van der Waals surface area contributed by atoms with Crippen LogP contribution in [0, 0.1) is 6.92 Å². The van der Waals surface area contributed by atoms with E-state index in [4.69, 9.17) is 0 Å². The summed E-state index contributed by atoms with van der Waals surface area (Å²) in [6.07, 6.45) is 3.46. The van der Waals surface area contributed by atoms with Gasteiger partial charge in [-0.3, -0.25) is 0 Å². The molecule has 2 aromatic rings. The van der Waals surface area contributed by atoms with Gasteiger partial charge < -0.3 is 0 Å². The molecule has 74 valence electrons. The molecule has 0 fully saturated rings. The van der Waals surface area contributed by atoms with Crippen LogP contribution in [0.2, 0.25) is 0 Å². The predicted octanol–water partition coefficient (Wildman–Crippen LogP) is 1.73. The highest BCUT2D eigenvalue weighted by Crippen LogP contribution is 2.24. The molecule has 2 aromatic heterocycles. The van der Waals surface area contributed by atoms with Crippen LogP contribution in [-0.2, 0) is 5.41 Å². The fourth-order valence-electron chi connectivity index (χ4n) is 1.46. The maximum absolute atomic E-state index is 4.31. The summed E-state index contributed by atoms with van der Waals surface area (Å²) in [6, 6.07) is 0. The zero-order chi connectivity index (χ0) is 10.3. The van der Waals surface area contributed by atoms with Gasteiger partial charge in [-0.2, -0.15) is 9.61 Å². The fourth-order valence-corrected chi connectivity index (χ4v) is 1.46. The Morgan fingerprint density at radius 3 is 2.57 bits per heavy atom. The van der Waals surface area contributed by atoms with Crippen molar-refractivity contribution in [1.29, 1.82) is 0 Å². The van der Waals surface area contributed by atoms with Gasteiger partial charge in [0, 0.05) is 11.8 Å². The first-order chi connectivity index (χ1) is 6.50. The smallest absolute Gasteiger partial charge is 0.162 e. The number of aromatic nitrogens is 4. The minimum Gasteiger partial charge on any atom is -0.241 e. The Morgan fingerprint density at radius 2 is 1.93 bits per heavy atom. The summed E-state index contributed by atoms with van der Waals surface area (Å²) in [5, 5.41) is 4.14. The average Bonchev–Trinajstić information content (AvgIpc) is 2.50. The van der Waals surface area contributed by atoms with E-state index < -0.39 is 0 Å². The van der Waals surface area contributed by atoms with Gasteiger partial charge in [0.1, 0.15) is 12.2 Å². The van der Waals surface area contributed by atoms with Crippen LogP contribution in [-0.4, -0.2) is 19.6 Å².